The van der Waals surface area contributed by atoms with Crippen LogP contribution in [0.3, 0.4) is 0 Å². The molecule has 0 N–H and O–H groups in total. The van der Waals surface area contributed by atoms with Crippen molar-refractivity contribution in [3.8, 4) is 11.5 Å². The van der Waals surface area contributed by atoms with Gasteiger partial charge < -0.3 is 14.4 Å². The van der Waals surface area contributed by atoms with Crippen LogP contribution in [0.15, 0.2) is 40.6 Å². The lowest BCUT2D eigenvalue weighted by Crippen LogP contribution is -2.50. The Balaban J connectivity index is 1.36. The van der Waals surface area contributed by atoms with E-state index < -0.39 is 10.0 Å². The third kappa shape index (κ3) is 4.42. The summed E-state index contributed by atoms with van der Waals surface area (Å²) in [5.74, 6) is 1.21. The van der Waals surface area contributed by atoms with Gasteiger partial charge in [0, 0.05) is 32.3 Å². The number of rotatable bonds is 4. The maximum atomic E-state index is 12.6. The van der Waals surface area contributed by atoms with E-state index in [0.717, 1.165) is 16.9 Å². The minimum absolute atomic E-state index is 0.156. The number of ether oxygens (including phenoxy) is 2. The fourth-order valence-corrected chi connectivity index (χ4v) is 6.21. The molecule has 0 atom stereocenters. The third-order valence-corrected chi connectivity index (χ3v) is 8.27. The van der Waals surface area contributed by atoms with E-state index in [9.17, 15) is 13.2 Å². The van der Waals surface area contributed by atoms with Crippen LogP contribution < -0.4 is 9.47 Å². The molecule has 0 saturated carbocycles. The Bertz CT molecular complexity index is 1040. The first-order valence-electron chi connectivity index (χ1n) is 9.05. The molecule has 1 amide bonds. The van der Waals surface area contributed by atoms with Gasteiger partial charge in [0.15, 0.2) is 11.5 Å². The Morgan fingerprint density at radius 1 is 1.03 bits per heavy atom. The van der Waals surface area contributed by atoms with Gasteiger partial charge in [-0.3, -0.25) is 4.79 Å². The van der Waals surface area contributed by atoms with Gasteiger partial charge in [0.1, 0.15) is 17.4 Å². The maximum Gasteiger partial charge on any atom is 0.252 e. The first kappa shape index (κ1) is 20.2. The Labute approximate surface area is 178 Å². The van der Waals surface area contributed by atoms with Crippen molar-refractivity contribution in [1.29, 1.82) is 0 Å². The van der Waals surface area contributed by atoms with E-state index in [1.807, 2.05) is 18.2 Å². The van der Waals surface area contributed by atoms with Gasteiger partial charge in [-0.1, -0.05) is 17.7 Å². The van der Waals surface area contributed by atoms with Gasteiger partial charge in [-0.2, -0.15) is 4.31 Å². The maximum absolute atomic E-state index is 12.6. The summed E-state index contributed by atoms with van der Waals surface area (Å²) in [6.45, 7) is 2.21. The number of thiophene rings is 1. The minimum atomic E-state index is -3.57. The lowest BCUT2D eigenvalue weighted by Gasteiger charge is -2.33. The summed E-state index contributed by atoms with van der Waals surface area (Å²) in [5, 5.41) is 0. The van der Waals surface area contributed by atoms with Crippen molar-refractivity contribution >= 4 is 44.9 Å². The number of halogens is 1. The van der Waals surface area contributed by atoms with E-state index in [1.165, 1.54) is 16.4 Å². The van der Waals surface area contributed by atoms with E-state index in [2.05, 4.69) is 0 Å². The SMILES string of the molecule is O=C(C=Cc1ccc2c(c1)OCCO2)N1CCN(S(=O)(=O)c2ccc(Cl)s2)CC1. The zero-order chi connectivity index (χ0) is 20.4. The number of carbonyl (C=O) groups excluding carboxylic acids is 1. The van der Waals surface area contributed by atoms with Crippen LogP contribution >= 0.6 is 22.9 Å². The first-order chi connectivity index (χ1) is 13.9. The van der Waals surface area contributed by atoms with E-state index in [1.54, 1.807) is 17.0 Å². The van der Waals surface area contributed by atoms with Crippen molar-refractivity contribution in [2.24, 2.45) is 0 Å². The molecule has 2 aromatic rings. The number of hydrogen-bond acceptors (Lipinski definition) is 6. The average Bonchev–Trinajstić information content (AvgIpc) is 3.19. The molecular weight excluding hydrogens is 436 g/mol. The molecule has 1 aromatic carbocycles. The third-order valence-electron chi connectivity index (χ3n) is 4.68. The summed E-state index contributed by atoms with van der Waals surface area (Å²) < 4.78 is 38.4. The van der Waals surface area contributed by atoms with Crippen LogP contribution in [0.2, 0.25) is 4.34 Å². The molecule has 0 spiro atoms. The standard InChI is InChI=1S/C19H19ClN2O5S2/c20-17-4-6-19(28-17)29(24,25)22-9-7-21(8-10-22)18(23)5-2-14-1-3-15-16(13-14)27-12-11-26-15/h1-6,13H,7-12H2. The lowest BCUT2D eigenvalue weighted by molar-refractivity contribution is -0.127. The molecule has 29 heavy (non-hydrogen) atoms. The van der Waals surface area contributed by atoms with Crippen LogP contribution in [0.5, 0.6) is 11.5 Å². The van der Waals surface area contributed by atoms with Crippen LogP contribution in [-0.4, -0.2) is 62.9 Å². The number of nitrogens with zero attached hydrogens (tertiary/aromatic N) is 2. The van der Waals surface area contributed by atoms with Crippen LogP contribution in [-0.2, 0) is 14.8 Å². The quantitative estimate of drug-likeness (QED) is 0.664. The highest BCUT2D eigenvalue weighted by molar-refractivity contribution is 7.91. The second-order valence-electron chi connectivity index (χ2n) is 6.52. The zero-order valence-electron chi connectivity index (χ0n) is 15.4. The van der Waals surface area contributed by atoms with Crippen LogP contribution in [0.25, 0.3) is 6.08 Å². The number of benzene rings is 1. The predicted molar refractivity (Wildman–Crippen MR) is 111 cm³/mol. The second kappa shape index (κ2) is 8.35. The number of sulfonamides is 1. The number of fused-ring (bicyclic) bond motifs is 1. The average molecular weight is 455 g/mol. The monoisotopic (exact) mass is 454 g/mol. The molecular formula is C19H19ClN2O5S2. The Morgan fingerprint density at radius 2 is 1.76 bits per heavy atom. The molecule has 4 rings (SSSR count). The highest BCUT2D eigenvalue weighted by atomic mass is 35.5. The van der Waals surface area contributed by atoms with E-state index in [-0.39, 0.29) is 23.2 Å². The van der Waals surface area contributed by atoms with Gasteiger partial charge in [0.2, 0.25) is 5.91 Å². The van der Waals surface area contributed by atoms with Gasteiger partial charge >= 0.3 is 0 Å². The summed E-state index contributed by atoms with van der Waals surface area (Å²) in [6, 6.07) is 8.58. The van der Waals surface area contributed by atoms with Gasteiger partial charge in [0.05, 0.1) is 4.34 Å². The molecule has 2 aliphatic heterocycles. The number of piperazine rings is 1. The minimum Gasteiger partial charge on any atom is -0.486 e. The summed E-state index contributed by atoms with van der Waals surface area (Å²) >= 11 is 6.89. The zero-order valence-corrected chi connectivity index (χ0v) is 17.8. The van der Waals surface area contributed by atoms with E-state index >= 15 is 0 Å². The van der Waals surface area contributed by atoms with Crippen molar-refractivity contribution in [3.63, 3.8) is 0 Å². The number of hydrogen-bond donors (Lipinski definition) is 0. The summed E-state index contributed by atoms with van der Waals surface area (Å²) in [5.41, 5.74) is 0.832. The van der Waals surface area contributed by atoms with Crippen molar-refractivity contribution in [3.05, 3.63) is 46.3 Å². The van der Waals surface area contributed by atoms with Gasteiger partial charge in [-0.05, 0) is 35.9 Å². The van der Waals surface area contributed by atoms with Gasteiger partial charge in [0.25, 0.3) is 10.0 Å². The Hall–Kier alpha value is -2.07. The molecule has 1 fully saturated rings. The van der Waals surface area contributed by atoms with Crippen molar-refractivity contribution in [2.45, 2.75) is 4.21 Å². The summed E-state index contributed by atoms with van der Waals surface area (Å²) in [7, 11) is -3.57. The van der Waals surface area contributed by atoms with Crippen molar-refractivity contribution in [1.82, 2.24) is 9.21 Å². The van der Waals surface area contributed by atoms with Crippen LogP contribution in [0, 0.1) is 0 Å². The largest absolute Gasteiger partial charge is 0.486 e. The predicted octanol–water partition coefficient (Wildman–Crippen LogP) is 2.72. The molecule has 3 heterocycles. The Morgan fingerprint density at radius 3 is 2.45 bits per heavy atom. The fourth-order valence-electron chi connectivity index (χ4n) is 3.15. The summed E-state index contributed by atoms with van der Waals surface area (Å²) in [6.07, 6.45) is 3.21. The first-order valence-corrected chi connectivity index (χ1v) is 11.7. The molecule has 0 unspecified atom stereocenters. The second-order valence-corrected chi connectivity index (χ2v) is 10.4. The van der Waals surface area contributed by atoms with E-state index in [4.69, 9.17) is 21.1 Å². The molecule has 0 aliphatic carbocycles. The molecule has 1 saturated heterocycles. The van der Waals surface area contributed by atoms with E-state index in [0.29, 0.717) is 42.1 Å². The fraction of sp³-hybridized carbons (Fsp3) is 0.316. The molecule has 0 bridgehead atoms. The molecule has 154 valence electrons. The molecule has 1 aromatic heterocycles. The van der Waals surface area contributed by atoms with Crippen molar-refractivity contribution < 1.29 is 22.7 Å². The van der Waals surface area contributed by atoms with Crippen LogP contribution in [0.1, 0.15) is 5.56 Å². The molecule has 2 aliphatic rings. The highest BCUT2D eigenvalue weighted by Crippen LogP contribution is 2.31. The van der Waals surface area contributed by atoms with Crippen LogP contribution in [0.4, 0.5) is 0 Å². The van der Waals surface area contributed by atoms with Crippen molar-refractivity contribution in [2.75, 3.05) is 39.4 Å². The molecule has 7 nitrogen and oxygen atoms in total. The lowest BCUT2D eigenvalue weighted by atomic mass is 10.1. The molecule has 10 heteroatoms. The molecule has 0 radical (unpaired) electrons. The van der Waals surface area contributed by atoms with Gasteiger partial charge in [-0.25, -0.2) is 8.42 Å². The smallest absolute Gasteiger partial charge is 0.252 e. The normalized spacial score (nSPS) is 17.6. The number of amides is 1. The highest BCUT2D eigenvalue weighted by Gasteiger charge is 2.30. The Kier molecular flexibility index (Phi) is 5.82. The summed E-state index contributed by atoms with van der Waals surface area (Å²) in [4.78, 5) is 14.1. The topological polar surface area (TPSA) is 76.2 Å². The number of carbonyl (C=O) groups is 1. The van der Waals surface area contributed by atoms with Gasteiger partial charge in [-0.15, -0.1) is 11.3 Å².